The number of benzene rings is 1. The molecule has 0 radical (unpaired) electrons. The summed E-state index contributed by atoms with van der Waals surface area (Å²) in [5.74, 6) is -0.377. The van der Waals surface area contributed by atoms with Crippen LogP contribution in [0.1, 0.15) is 26.3 Å². The van der Waals surface area contributed by atoms with Crippen LogP contribution in [0.2, 0.25) is 0 Å². The Balaban J connectivity index is 2.03. The monoisotopic (exact) mass is 312 g/mol. The number of ether oxygens (including phenoxy) is 1. The van der Waals surface area contributed by atoms with Crippen LogP contribution in [0.5, 0.6) is 0 Å². The minimum Gasteiger partial charge on any atom is -0.492 e. The summed E-state index contributed by atoms with van der Waals surface area (Å²) in [5, 5.41) is 0. The highest BCUT2D eigenvalue weighted by molar-refractivity contribution is 7.93. The number of carbonyl (C=O) groups is 2. The maximum absolute atomic E-state index is 12.3. The van der Waals surface area contributed by atoms with Gasteiger partial charge in [-0.3, -0.25) is 9.59 Å². The smallest absolute Gasteiger partial charge is 0.228 e. The lowest BCUT2D eigenvalue weighted by Gasteiger charge is -2.15. The Hall–Kier alpha value is -2.40. The second-order valence-electron chi connectivity index (χ2n) is 4.91. The predicted octanol–water partition coefficient (Wildman–Crippen LogP) is 2.75. The second kappa shape index (κ2) is 5.77. The van der Waals surface area contributed by atoms with E-state index in [2.05, 4.69) is 0 Å². The van der Waals surface area contributed by atoms with E-state index in [0.29, 0.717) is 11.1 Å². The van der Waals surface area contributed by atoms with Crippen molar-refractivity contribution in [2.75, 3.05) is 7.11 Å². The van der Waals surface area contributed by atoms with Crippen LogP contribution in [0.15, 0.2) is 59.5 Å². The fourth-order valence-corrected chi connectivity index (χ4v) is 3.17. The highest BCUT2D eigenvalue weighted by Gasteiger charge is 2.30. The van der Waals surface area contributed by atoms with E-state index in [0.717, 1.165) is 10.5 Å². The molecule has 110 valence electrons. The molecule has 0 saturated heterocycles. The average Bonchev–Trinajstić information content (AvgIpc) is 2.53. The number of nitrogens with zero attached hydrogens (tertiary/aromatic N) is 1. The molecule has 0 bridgehead atoms. The van der Waals surface area contributed by atoms with E-state index in [1.807, 2.05) is 41.5 Å². The van der Waals surface area contributed by atoms with Crippen LogP contribution in [0.25, 0.3) is 0 Å². The summed E-state index contributed by atoms with van der Waals surface area (Å²) in [6.07, 6.45) is 5.10. The van der Waals surface area contributed by atoms with Crippen LogP contribution in [-0.4, -0.2) is 18.7 Å². The molecule has 0 aliphatic heterocycles. The molecule has 0 atom stereocenters. The van der Waals surface area contributed by atoms with Gasteiger partial charge >= 0.3 is 0 Å². The number of aryl methyl sites for hydroxylation is 1. The van der Waals surface area contributed by atoms with Crippen molar-refractivity contribution in [3.05, 3.63) is 71.3 Å². The zero-order valence-electron chi connectivity index (χ0n) is 12.2. The van der Waals surface area contributed by atoms with Gasteiger partial charge in [-0.2, -0.15) is 0 Å². The summed E-state index contributed by atoms with van der Waals surface area (Å²) in [5.41, 5.74) is 1.99. The molecule has 3 rings (SSSR count). The Morgan fingerprint density at radius 3 is 2.50 bits per heavy atom. The van der Waals surface area contributed by atoms with Gasteiger partial charge in [0, 0.05) is 23.8 Å². The second-order valence-corrected chi connectivity index (χ2v) is 5.96. The molecule has 2 aromatic rings. The standard InChI is InChI=1S/C17H14NO3S/c1-11-6-8-18(9-7-11)22-15-5-3-4-12-16(15)13(19)10-14(21-2)17(12)20/h3-10H,1-2H3/q+1. The summed E-state index contributed by atoms with van der Waals surface area (Å²) < 4.78 is 6.88. The molecule has 1 aromatic heterocycles. The van der Waals surface area contributed by atoms with Crippen LogP contribution in [0.4, 0.5) is 0 Å². The molecule has 0 fully saturated rings. The zero-order valence-corrected chi connectivity index (χ0v) is 13.0. The number of methoxy groups -OCH3 is 1. The number of carbonyl (C=O) groups excluding carboxylic acids is 2. The van der Waals surface area contributed by atoms with Gasteiger partial charge in [-0.05, 0) is 18.6 Å². The summed E-state index contributed by atoms with van der Waals surface area (Å²) in [6, 6.07) is 9.24. The number of rotatable bonds is 3. The molecule has 1 aliphatic rings. The predicted molar refractivity (Wildman–Crippen MR) is 82.8 cm³/mol. The minimum atomic E-state index is -0.256. The van der Waals surface area contributed by atoms with E-state index in [4.69, 9.17) is 4.74 Å². The molecule has 0 amide bonds. The average molecular weight is 312 g/mol. The van der Waals surface area contributed by atoms with E-state index in [9.17, 15) is 9.59 Å². The van der Waals surface area contributed by atoms with Gasteiger partial charge in [0.1, 0.15) is 0 Å². The van der Waals surface area contributed by atoms with Crippen LogP contribution < -0.4 is 3.97 Å². The van der Waals surface area contributed by atoms with Crippen LogP contribution in [0, 0.1) is 6.92 Å². The molecule has 22 heavy (non-hydrogen) atoms. The van der Waals surface area contributed by atoms with Crippen molar-refractivity contribution >= 4 is 23.5 Å². The molecular formula is C17H14NO3S+. The SMILES string of the molecule is COC1=CC(=O)c2c(S[n+]3ccc(C)cc3)cccc2C1=O. The first-order chi connectivity index (χ1) is 10.6. The maximum atomic E-state index is 12.3. The molecule has 0 N–H and O–H groups in total. The van der Waals surface area contributed by atoms with Gasteiger partial charge in [0.25, 0.3) is 0 Å². The molecule has 4 nitrogen and oxygen atoms in total. The van der Waals surface area contributed by atoms with Crippen molar-refractivity contribution in [1.29, 1.82) is 0 Å². The van der Waals surface area contributed by atoms with Gasteiger partial charge in [-0.15, -0.1) is 3.97 Å². The van der Waals surface area contributed by atoms with Gasteiger partial charge in [0.15, 0.2) is 23.9 Å². The highest BCUT2D eigenvalue weighted by Crippen LogP contribution is 2.29. The number of ketones is 2. The Kier molecular flexibility index (Phi) is 3.81. The third-order valence-electron chi connectivity index (χ3n) is 3.40. The maximum Gasteiger partial charge on any atom is 0.228 e. The van der Waals surface area contributed by atoms with E-state index >= 15 is 0 Å². The van der Waals surface area contributed by atoms with Crippen molar-refractivity contribution in [1.82, 2.24) is 0 Å². The van der Waals surface area contributed by atoms with Crippen molar-refractivity contribution in [3.63, 3.8) is 0 Å². The van der Waals surface area contributed by atoms with Crippen molar-refractivity contribution in [3.8, 4) is 0 Å². The number of hydrogen-bond donors (Lipinski definition) is 0. The summed E-state index contributed by atoms with van der Waals surface area (Å²) in [7, 11) is 1.39. The van der Waals surface area contributed by atoms with Crippen LogP contribution >= 0.6 is 11.9 Å². The summed E-state index contributed by atoms with van der Waals surface area (Å²) >= 11 is 1.40. The molecule has 0 unspecified atom stereocenters. The third-order valence-corrected chi connectivity index (χ3v) is 4.39. The lowest BCUT2D eigenvalue weighted by atomic mass is 9.93. The Labute approximate surface area is 132 Å². The molecule has 0 saturated carbocycles. The minimum absolute atomic E-state index is 0.0858. The number of fused-ring (bicyclic) bond motifs is 1. The Morgan fingerprint density at radius 1 is 1.09 bits per heavy atom. The largest absolute Gasteiger partial charge is 0.492 e. The zero-order chi connectivity index (χ0) is 15.7. The number of pyridine rings is 1. The van der Waals surface area contributed by atoms with Crippen molar-refractivity contribution < 1.29 is 18.3 Å². The van der Waals surface area contributed by atoms with E-state index in [1.54, 1.807) is 12.1 Å². The molecule has 0 spiro atoms. The first kappa shape index (κ1) is 14.5. The Morgan fingerprint density at radius 2 is 1.82 bits per heavy atom. The lowest BCUT2D eigenvalue weighted by Crippen LogP contribution is -2.25. The molecule has 1 heterocycles. The molecular weight excluding hydrogens is 298 g/mol. The normalized spacial score (nSPS) is 13.6. The highest BCUT2D eigenvalue weighted by atomic mass is 32.2. The van der Waals surface area contributed by atoms with Crippen LogP contribution in [-0.2, 0) is 4.74 Å². The molecule has 1 aliphatic carbocycles. The van der Waals surface area contributed by atoms with E-state index in [-0.39, 0.29) is 17.3 Å². The van der Waals surface area contributed by atoms with Crippen molar-refractivity contribution in [2.45, 2.75) is 11.8 Å². The quantitative estimate of drug-likeness (QED) is 0.818. The van der Waals surface area contributed by atoms with Crippen LogP contribution in [0.3, 0.4) is 0 Å². The molecule has 5 heteroatoms. The lowest BCUT2D eigenvalue weighted by molar-refractivity contribution is -0.494. The van der Waals surface area contributed by atoms with Gasteiger partial charge in [0.05, 0.1) is 17.6 Å². The number of aromatic nitrogens is 1. The number of hydrogen-bond acceptors (Lipinski definition) is 4. The van der Waals surface area contributed by atoms with Gasteiger partial charge in [-0.25, -0.2) is 0 Å². The number of allylic oxidation sites excluding steroid dienone is 2. The molecule has 1 aromatic carbocycles. The Bertz CT molecular complexity index is 794. The topological polar surface area (TPSA) is 47.2 Å². The van der Waals surface area contributed by atoms with E-state index in [1.165, 1.54) is 25.1 Å². The van der Waals surface area contributed by atoms with Gasteiger partial charge < -0.3 is 4.74 Å². The van der Waals surface area contributed by atoms with Crippen molar-refractivity contribution in [2.24, 2.45) is 0 Å². The first-order valence-electron chi connectivity index (χ1n) is 6.74. The number of Topliss-reactive ketones (excluding diaryl/α,β-unsaturated/α-hetero) is 1. The van der Waals surface area contributed by atoms with Gasteiger partial charge in [0.2, 0.25) is 17.7 Å². The first-order valence-corrected chi connectivity index (χ1v) is 7.51. The third kappa shape index (κ3) is 2.55. The van der Waals surface area contributed by atoms with Gasteiger partial charge in [-0.1, -0.05) is 12.1 Å². The summed E-state index contributed by atoms with van der Waals surface area (Å²) in [6.45, 7) is 2.01. The fraction of sp³-hybridized carbons (Fsp3) is 0.118. The van der Waals surface area contributed by atoms with E-state index < -0.39 is 0 Å². The summed E-state index contributed by atoms with van der Waals surface area (Å²) in [4.78, 5) is 25.4. The fourth-order valence-electron chi connectivity index (χ4n) is 2.25.